The lowest BCUT2D eigenvalue weighted by Crippen LogP contribution is -2.24. The summed E-state index contributed by atoms with van der Waals surface area (Å²) in [6.45, 7) is 3.63. The van der Waals surface area contributed by atoms with Crippen LogP contribution in [0.1, 0.15) is 84.0 Å². The fourth-order valence-corrected chi connectivity index (χ4v) is 3.03. The van der Waals surface area contributed by atoms with Gasteiger partial charge in [-0.05, 0) is 32.9 Å². The number of hydrogen-bond donors (Lipinski definition) is 0. The molecule has 1 rings (SSSR count). The zero-order chi connectivity index (χ0) is 12.3. The molecule has 17 heavy (non-hydrogen) atoms. The first-order valence-corrected chi connectivity index (χ1v) is 8.05. The van der Waals surface area contributed by atoms with Crippen LogP contribution in [0, 0.1) is 0 Å². The molecule has 1 aliphatic heterocycles. The number of nitrogens with zero attached hydrogens (tertiary/aromatic N) is 1. The van der Waals surface area contributed by atoms with Gasteiger partial charge in [0.1, 0.15) is 0 Å². The maximum Gasteiger partial charge on any atom is 0.00926 e. The van der Waals surface area contributed by atoms with E-state index in [1.54, 1.807) is 0 Å². The minimum Gasteiger partial charge on any atom is -0.303 e. The quantitative estimate of drug-likeness (QED) is 0.485. The van der Waals surface area contributed by atoms with Crippen LogP contribution in [-0.2, 0) is 0 Å². The maximum atomic E-state index is 2.56. The minimum atomic E-state index is 0.916. The van der Waals surface area contributed by atoms with Gasteiger partial charge in [-0.1, -0.05) is 64.7 Å². The SMILES string of the molecule is CCCCCCCCCCCC1CCCN1C. The van der Waals surface area contributed by atoms with Crippen LogP contribution < -0.4 is 0 Å². The topological polar surface area (TPSA) is 3.24 Å². The Morgan fingerprint density at radius 1 is 0.882 bits per heavy atom. The van der Waals surface area contributed by atoms with Gasteiger partial charge < -0.3 is 4.90 Å². The molecule has 0 spiro atoms. The van der Waals surface area contributed by atoms with Crippen molar-refractivity contribution in [3.63, 3.8) is 0 Å². The summed E-state index contributed by atoms with van der Waals surface area (Å²) < 4.78 is 0. The van der Waals surface area contributed by atoms with E-state index in [9.17, 15) is 0 Å². The summed E-state index contributed by atoms with van der Waals surface area (Å²) >= 11 is 0. The fraction of sp³-hybridized carbons (Fsp3) is 1.00. The Hall–Kier alpha value is -0.0400. The van der Waals surface area contributed by atoms with Crippen molar-refractivity contribution in [1.29, 1.82) is 0 Å². The van der Waals surface area contributed by atoms with Gasteiger partial charge in [0.15, 0.2) is 0 Å². The molecule has 1 fully saturated rings. The highest BCUT2D eigenvalue weighted by Crippen LogP contribution is 2.20. The van der Waals surface area contributed by atoms with Gasteiger partial charge in [0.2, 0.25) is 0 Å². The summed E-state index contributed by atoms with van der Waals surface area (Å²) in [5.74, 6) is 0. The van der Waals surface area contributed by atoms with Gasteiger partial charge in [-0.3, -0.25) is 0 Å². The Morgan fingerprint density at radius 2 is 1.47 bits per heavy atom. The third-order valence-corrected chi connectivity index (χ3v) is 4.31. The molecule has 1 unspecified atom stereocenters. The summed E-state index contributed by atoms with van der Waals surface area (Å²) in [7, 11) is 2.30. The van der Waals surface area contributed by atoms with E-state index in [2.05, 4.69) is 18.9 Å². The molecule has 0 saturated carbocycles. The Bertz CT molecular complexity index is 167. The van der Waals surface area contributed by atoms with Crippen LogP contribution in [0.15, 0.2) is 0 Å². The average Bonchev–Trinajstić information content (AvgIpc) is 2.73. The third-order valence-electron chi connectivity index (χ3n) is 4.31. The molecule has 0 aromatic carbocycles. The molecular weight excluding hydrogens is 206 g/mol. The highest BCUT2D eigenvalue weighted by molar-refractivity contribution is 4.75. The molecule has 1 saturated heterocycles. The van der Waals surface area contributed by atoms with Gasteiger partial charge in [0.05, 0.1) is 0 Å². The molecule has 1 aliphatic rings. The van der Waals surface area contributed by atoms with Gasteiger partial charge in [0.25, 0.3) is 0 Å². The molecule has 0 bridgehead atoms. The van der Waals surface area contributed by atoms with Crippen LogP contribution in [0.5, 0.6) is 0 Å². The standard InChI is InChI=1S/C16H33N/c1-3-4-5-6-7-8-9-10-11-13-16-14-12-15-17(16)2/h16H,3-15H2,1-2H3. The van der Waals surface area contributed by atoms with Crippen LogP contribution in [0.4, 0.5) is 0 Å². The van der Waals surface area contributed by atoms with Crippen molar-refractivity contribution >= 4 is 0 Å². The van der Waals surface area contributed by atoms with Gasteiger partial charge in [-0.15, -0.1) is 0 Å². The normalized spacial score (nSPS) is 21.2. The predicted octanol–water partition coefficient (Wildman–Crippen LogP) is 5.00. The monoisotopic (exact) mass is 239 g/mol. The second kappa shape index (κ2) is 9.94. The summed E-state index contributed by atoms with van der Waals surface area (Å²) in [5, 5.41) is 0. The smallest absolute Gasteiger partial charge is 0.00926 e. The molecule has 0 amide bonds. The predicted molar refractivity (Wildman–Crippen MR) is 77.5 cm³/mol. The first-order chi connectivity index (χ1) is 8.34. The Kier molecular flexibility index (Phi) is 8.78. The van der Waals surface area contributed by atoms with E-state index in [0.29, 0.717) is 0 Å². The molecule has 1 heteroatoms. The van der Waals surface area contributed by atoms with Gasteiger partial charge in [0, 0.05) is 6.04 Å². The molecular formula is C16H33N. The van der Waals surface area contributed by atoms with E-state index in [1.807, 2.05) is 0 Å². The summed E-state index contributed by atoms with van der Waals surface area (Å²) in [6, 6.07) is 0.916. The fourth-order valence-electron chi connectivity index (χ4n) is 3.03. The van der Waals surface area contributed by atoms with E-state index in [-0.39, 0.29) is 0 Å². The number of likely N-dealkylation sites (tertiary alicyclic amines) is 1. The van der Waals surface area contributed by atoms with E-state index in [4.69, 9.17) is 0 Å². The zero-order valence-electron chi connectivity index (χ0n) is 12.2. The van der Waals surface area contributed by atoms with Crippen molar-refractivity contribution in [3.05, 3.63) is 0 Å². The van der Waals surface area contributed by atoms with Gasteiger partial charge in [-0.25, -0.2) is 0 Å². The number of unbranched alkanes of at least 4 members (excludes halogenated alkanes) is 8. The lowest BCUT2D eigenvalue weighted by Gasteiger charge is -2.18. The maximum absolute atomic E-state index is 2.56. The van der Waals surface area contributed by atoms with E-state index >= 15 is 0 Å². The second-order valence-electron chi connectivity index (χ2n) is 5.89. The lowest BCUT2D eigenvalue weighted by atomic mass is 10.0. The van der Waals surface area contributed by atoms with Crippen LogP contribution in [0.2, 0.25) is 0 Å². The van der Waals surface area contributed by atoms with E-state index < -0.39 is 0 Å². The number of rotatable bonds is 10. The van der Waals surface area contributed by atoms with Gasteiger partial charge in [-0.2, -0.15) is 0 Å². The molecule has 0 aromatic rings. The zero-order valence-corrected chi connectivity index (χ0v) is 12.2. The lowest BCUT2D eigenvalue weighted by molar-refractivity contribution is 0.289. The summed E-state index contributed by atoms with van der Waals surface area (Å²) in [5.41, 5.74) is 0. The molecule has 0 radical (unpaired) electrons. The molecule has 0 aliphatic carbocycles. The molecule has 102 valence electrons. The molecule has 0 aromatic heterocycles. The molecule has 1 atom stereocenters. The second-order valence-corrected chi connectivity index (χ2v) is 5.89. The highest BCUT2D eigenvalue weighted by atomic mass is 15.1. The molecule has 1 nitrogen and oxygen atoms in total. The molecule has 0 N–H and O–H groups in total. The summed E-state index contributed by atoms with van der Waals surface area (Å²) in [4.78, 5) is 2.56. The van der Waals surface area contributed by atoms with Crippen molar-refractivity contribution in [3.8, 4) is 0 Å². The molecule has 1 heterocycles. The van der Waals surface area contributed by atoms with Crippen LogP contribution >= 0.6 is 0 Å². The van der Waals surface area contributed by atoms with Crippen LogP contribution in [0.3, 0.4) is 0 Å². The van der Waals surface area contributed by atoms with Crippen molar-refractivity contribution in [1.82, 2.24) is 4.90 Å². The Morgan fingerprint density at radius 3 is 2.00 bits per heavy atom. The summed E-state index contributed by atoms with van der Waals surface area (Å²) in [6.07, 6.45) is 17.4. The number of hydrogen-bond acceptors (Lipinski definition) is 1. The highest BCUT2D eigenvalue weighted by Gasteiger charge is 2.19. The van der Waals surface area contributed by atoms with E-state index in [0.717, 1.165) is 6.04 Å². The Labute approximate surface area is 109 Å². The van der Waals surface area contributed by atoms with Crippen molar-refractivity contribution in [2.24, 2.45) is 0 Å². The van der Waals surface area contributed by atoms with E-state index in [1.165, 1.54) is 83.6 Å². The Balaban J connectivity index is 1.78. The van der Waals surface area contributed by atoms with Crippen LogP contribution in [-0.4, -0.2) is 24.5 Å². The minimum absolute atomic E-state index is 0.916. The third kappa shape index (κ3) is 7.08. The van der Waals surface area contributed by atoms with Crippen molar-refractivity contribution in [2.45, 2.75) is 90.0 Å². The first-order valence-electron chi connectivity index (χ1n) is 8.05. The largest absolute Gasteiger partial charge is 0.303 e. The van der Waals surface area contributed by atoms with Crippen molar-refractivity contribution in [2.75, 3.05) is 13.6 Å². The van der Waals surface area contributed by atoms with Gasteiger partial charge >= 0.3 is 0 Å². The van der Waals surface area contributed by atoms with Crippen molar-refractivity contribution < 1.29 is 0 Å². The average molecular weight is 239 g/mol. The van der Waals surface area contributed by atoms with Crippen LogP contribution in [0.25, 0.3) is 0 Å². The first kappa shape index (κ1) is 15.0.